The second-order valence-electron chi connectivity index (χ2n) is 5.05. The van der Waals surface area contributed by atoms with Crippen LogP contribution in [0.15, 0.2) is 41.8 Å². The zero-order chi connectivity index (χ0) is 18.1. The quantitative estimate of drug-likeness (QED) is 0.688. The fourth-order valence-electron chi connectivity index (χ4n) is 1.85. The molecule has 0 aliphatic heterocycles. The fourth-order valence-corrected chi connectivity index (χ4v) is 2.61. The van der Waals surface area contributed by atoms with E-state index >= 15 is 0 Å². The van der Waals surface area contributed by atoms with Crippen molar-refractivity contribution in [3.63, 3.8) is 0 Å². The fraction of sp³-hybridized carbons (Fsp3) is 0.235. The zero-order valence-electron chi connectivity index (χ0n) is 13.3. The first-order chi connectivity index (χ1) is 12.0. The third-order valence-corrected chi connectivity index (χ3v) is 4.25. The van der Waals surface area contributed by atoms with E-state index in [0.29, 0.717) is 16.4 Å². The maximum absolute atomic E-state index is 11.7. The van der Waals surface area contributed by atoms with Gasteiger partial charge in [0.25, 0.3) is 11.8 Å². The molecule has 132 valence electrons. The molecule has 1 aromatic carbocycles. The molecule has 0 unspecified atom stereocenters. The summed E-state index contributed by atoms with van der Waals surface area (Å²) >= 11 is 7.10. The molecule has 0 atom stereocenters. The summed E-state index contributed by atoms with van der Waals surface area (Å²) in [6, 6.07) is 10.5. The first-order valence-electron chi connectivity index (χ1n) is 7.53. The number of hydrogen-bond donors (Lipinski definition) is 2. The maximum Gasteiger partial charge on any atom is 0.308 e. The van der Waals surface area contributed by atoms with Crippen LogP contribution in [0, 0.1) is 0 Å². The Kier molecular flexibility index (Phi) is 7.43. The van der Waals surface area contributed by atoms with E-state index in [1.165, 1.54) is 11.3 Å². The van der Waals surface area contributed by atoms with Crippen molar-refractivity contribution in [3.8, 4) is 0 Å². The number of amides is 2. The molecule has 0 bridgehead atoms. The van der Waals surface area contributed by atoms with Gasteiger partial charge in [-0.3, -0.25) is 14.4 Å². The second-order valence-corrected chi connectivity index (χ2v) is 6.43. The zero-order valence-corrected chi connectivity index (χ0v) is 14.9. The SMILES string of the molecule is O=C(COC(=O)CCNC(=O)c1cccs1)NCc1ccc(Cl)cc1. The smallest absolute Gasteiger partial charge is 0.308 e. The third kappa shape index (κ3) is 6.94. The summed E-state index contributed by atoms with van der Waals surface area (Å²) in [5, 5.41) is 7.67. The number of carbonyl (C=O) groups is 3. The summed E-state index contributed by atoms with van der Waals surface area (Å²) in [5.74, 6) is -1.18. The summed E-state index contributed by atoms with van der Waals surface area (Å²) in [6.07, 6.45) is 0.00157. The molecule has 6 nitrogen and oxygen atoms in total. The normalized spacial score (nSPS) is 10.1. The first-order valence-corrected chi connectivity index (χ1v) is 8.79. The number of benzene rings is 1. The van der Waals surface area contributed by atoms with Crippen LogP contribution in [0.5, 0.6) is 0 Å². The van der Waals surface area contributed by atoms with E-state index in [1.807, 2.05) is 0 Å². The highest BCUT2D eigenvalue weighted by Crippen LogP contribution is 2.09. The van der Waals surface area contributed by atoms with Crippen LogP contribution in [0.1, 0.15) is 21.7 Å². The molecule has 1 heterocycles. The first kappa shape index (κ1) is 19.0. The molecule has 2 aromatic rings. The Hall–Kier alpha value is -2.38. The van der Waals surface area contributed by atoms with Crippen molar-refractivity contribution in [1.82, 2.24) is 10.6 Å². The largest absolute Gasteiger partial charge is 0.456 e. The van der Waals surface area contributed by atoms with Gasteiger partial charge in [0.15, 0.2) is 6.61 Å². The highest BCUT2D eigenvalue weighted by molar-refractivity contribution is 7.12. The van der Waals surface area contributed by atoms with Crippen molar-refractivity contribution < 1.29 is 19.1 Å². The second kappa shape index (κ2) is 9.80. The predicted octanol–water partition coefficient (Wildman–Crippen LogP) is 2.38. The molecule has 0 fully saturated rings. The lowest BCUT2D eigenvalue weighted by Crippen LogP contribution is -2.30. The predicted molar refractivity (Wildman–Crippen MR) is 95.5 cm³/mol. The van der Waals surface area contributed by atoms with Crippen LogP contribution in [0.4, 0.5) is 0 Å². The molecule has 2 rings (SSSR count). The average Bonchev–Trinajstić information content (AvgIpc) is 3.14. The highest BCUT2D eigenvalue weighted by Gasteiger charge is 2.10. The average molecular weight is 381 g/mol. The standard InChI is InChI=1S/C17H17ClN2O4S/c18-13-5-3-12(4-6-13)10-20-15(21)11-24-16(22)7-8-19-17(23)14-2-1-9-25-14/h1-6,9H,7-8,10-11H2,(H,19,23)(H,20,21). The molecule has 0 aliphatic carbocycles. The molecule has 0 aliphatic rings. The lowest BCUT2D eigenvalue weighted by atomic mass is 10.2. The van der Waals surface area contributed by atoms with Crippen LogP contribution in [0.3, 0.4) is 0 Å². The van der Waals surface area contributed by atoms with Crippen molar-refractivity contribution >= 4 is 40.7 Å². The topological polar surface area (TPSA) is 84.5 Å². The number of esters is 1. The van der Waals surface area contributed by atoms with Crippen LogP contribution in [0.2, 0.25) is 5.02 Å². The lowest BCUT2D eigenvalue weighted by molar-refractivity contribution is -0.148. The van der Waals surface area contributed by atoms with Crippen molar-refractivity contribution in [2.24, 2.45) is 0 Å². The molecule has 0 saturated carbocycles. The molecular formula is C17H17ClN2O4S. The van der Waals surface area contributed by atoms with E-state index in [9.17, 15) is 14.4 Å². The van der Waals surface area contributed by atoms with E-state index in [-0.39, 0.29) is 25.5 Å². The Morgan fingerprint density at radius 2 is 1.84 bits per heavy atom. The monoisotopic (exact) mass is 380 g/mol. The van der Waals surface area contributed by atoms with Gasteiger partial charge in [0.1, 0.15) is 0 Å². The summed E-state index contributed by atoms with van der Waals surface area (Å²) in [5.41, 5.74) is 0.889. The van der Waals surface area contributed by atoms with E-state index in [1.54, 1.807) is 41.8 Å². The number of thiophene rings is 1. The number of nitrogens with one attached hydrogen (secondary N) is 2. The minimum absolute atomic E-state index is 0.00157. The third-order valence-electron chi connectivity index (χ3n) is 3.13. The summed E-state index contributed by atoms with van der Waals surface area (Å²) < 4.78 is 4.86. The molecule has 1 aromatic heterocycles. The minimum Gasteiger partial charge on any atom is -0.456 e. The van der Waals surface area contributed by atoms with Gasteiger partial charge in [-0.25, -0.2) is 0 Å². The Balaban J connectivity index is 1.58. The molecule has 8 heteroatoms. The van der Waals surface area contributed by atoms with Gasteiger partial charge in [-0.1, -0.05) is 29.8 Å². The van der Waals surface area contributed by atoms with Crippen LogP contribution in [-0.2, 0) is 20.9 Å². The lowest BCUT2D eigenvalue weighted by Gasteiger charge is -2.07. The molecule has 2 N–H and O–H groups in total. The van der Waals surface area contributed by atoms with Gasteiger partial charge in [0.2, 0.25) is 0 Å². The van der Waals surface area contributed by atoms with E-state index < -0.39 is 11.9 Å². The number of carbonyl (C=O) groups excluding carboxylic acids is 3. The summed E-state index contributed by atoms with van der Waals surface area (Å²) in [4.78, 5) is 35.5. The van der Waals surface area contributed by atoms with Crippen LogP contribution in [0.25, 0.3) is 0 Å². The summed E-state index contributed by atoms with van der Waals surface area (Å²) in [6.45, 7) is 0.123. The van der Waals surface area contributed by atoms with Gasteiger partial charge in [0.05, 0.1) is 11.3 Å². The molecule has 0 saturated heterocycles. The van der Waals surface area contributed by atoms with Crippen molar-refractivity contribution in [1.29, 1.82) is 0 Å². The van der Waals surface area contributed by atoms with Gasteiger partial charge in [-0.05, 0) is 29.1 Å². The van der Waals surface area contributed by atoms with Gasteiger partial charge in [-0.2, -0.15) is 0 Å². The number of halogens is 1. The maximum atomic E-state index is 11.7. The Labute approximate surface area is 154 Å². The van der Waals surface area contributed by atoms with Crippen LogP contribution >= 0.6 is 22.9 Å². The van der Waals surface area contributed by atoms with Gasteiger partial charge in [0, 0.05) is 18.1 Å². The molecule has 2 amide bonds. The van der Waals surface area contributed by atoms with Gasteiger partial charge < -0.3 is 15.4 Å². The highest BCUT2D eigenvalue weighted by atomic mass is 35.5. The molecular weight excluding hydrogens is 364 g/mol. The van der Waals surface area contributed by atoms with Gasteiger partial charge >= 0.3 is 5.97 Å². The summed E-state index contributed by atoms with van der Waals surface area (Å²) in [7, 11) is 0. The van der Waals surface area contributed by atoms with E-state index in [2.05, 4.69) is 10.6 Å². The number of rotatable bonds is 8. The number of hydrogen-bond acceptors (Lipinski definition) is 5. The van der Waals surface area contributed by atoms with Crippen molar-refractivity contribution in [2.75, 3.05) is 13.2 Å². The van der Waals surface area contributed by atoms with E-state index in [4.69, 9.17) is 16.3 Å². The van der Waals surface area contributed by atoms with Crippen molar-refractivity contribution in [2.45, 2.75) is 13.0 Å². The van der Waals surface area contributed by atoms with Crippen LogP contribution in [-0.4, -0.2) is 30.9 Å². The van der Waals surface area contributed by atoms with E-state index in [0.717, 1.165) is 5.56 Å². The van der Waals surface area contributed by atoms with Gasteiger partial charge in [-0.15, -0.1) is 11.3 Å². The Morgan fingerprint density at radius 1 is 1.08 bits per heavy atom. The molecule has 0 radical (unpaired) electrons. The minimum atomic E-state index is -0.548. The Morgan fingerprint density at radius 3 is 2.52 bits per heavy atom. The van der Waals surface area contributed by atoms with Crippen molar-refractivity contribution in [3.05, 3.63) is 57.2 Å². The number of ether oxygens (including phenoxy) is 1. The molecule has 0 spiro atoms. The molecule has 25 heavy (non-hydrogen) atoms. The Bertz CT molecular complexity index is 717. The van der Waals surface area contributed by atoms with Crippen LogP contribution < -0.4 is 10.6 Å².